The van der Waals surface area contributed by atoms with Crippen LogP contribution in [-0.4, -0.2) is 24.3 Å². The first-order valence-corrected chi connectivity index (χ1v) is 10.1. The van der Waals surface area contributed by atoms with Crippen LogP contribution in [0.3, 0.4) is 0 Å². The van der Waals surface area contributed by atoms with E-state index in [0.29, 0.717) is 34.8 Å². The lowest BCUT2D eigenvalue weighted by Crippen LogP contribution is -2.30. The van der Waals surface area contributed by atoms with Crippen LogP contribution in [0.15, 0.2) is 47.1 Å². The topological polar surface area (TPSA) is 55.4 Å². The molecule has 1 aliphatic carbocycles. The molecule has 28 heavy (non-hydrogen) atoms. The molecule has 1 aliphatic heterocycles. The van der Waals surface area contributed by atoms with E-state index in [1.54, 1.807) is 12.1 Å². The average molecular weight is 400 g/mol. The van der Waals surface area contributed by atoms with E-state index in [-0.39, 0.29) is 24.3 Å². The van der Waals surface area contributed by atoms with Gasteiger partial charge in [0.15, 0.2) is 5.78 Å². The van der Waals surface area contributed by atoms with E-state index < -0.39 is 0 Å². The summed E-state index contributed by atoms with van der Waals surface area (Å²) in [5, 5.41) is 3.38. The Morgan fingerprint density at radius 2 is 1.96 bits per heavy atom. The van der Waals surface area contributed by atoms with Gasteiger partial charge in [0.1, 0.15) is 5.75 Å². The molecule has 0 unspecified atom stereocenters. The maximum Gasteiger partial charge on any atom is 0.252 e. The first-order chi connectivity index (χ1) is 13.3. The molecule has 0 saturated heterocycles. The Bertz CT molecular complexity index is 893. The van der Waals surface area contributed by atoms with E-state index in [2.05, 4.69) is 23.5 Å². The standard InChI is InChI=1S/C23H26ClNO3/c1-14(2)28-22-12-17(24)11-19-18(22)8-6-4-5-7-16-9-15(3)10-21(26)20(16)13-25-23(19)27/h4,6,9,11-12,14H,5,7-8,10,13H2,1-3H3,(H,25,27)/b6-4+. The fraction of sp³-hybridized carbons (Fsp3) is 0.391. The molecule has 0 atom stereocenters. The van der Waals surface area contributed by atoms with Crippen LogP contribution in [0, 0.1) is 0 Å². The number of Topliss-reactive ketones (excluding diaryl/α,β-unsaturated/α-hetero) is 1. The third kappa shape index (κ3) is 4.74. The highest BCUT2D eigenvalue weighted by Gasteiger charge is 2.22. The van der Waals surface area contributed by atoms with Crippen molar-refractivity contribution >= 4 is 23.3 Å². The third-order valence-electron chi connectivity index (χ3n) is 4.86. The van der Waals surface area contributed by atoms with Gasteiger partial charge in [-0.25, -0.2) is 0 Å². The van der Waals surface area contributed by atoms with Gasteiger partial charge in [-0.05, 0) is 57.7 Å². The Morgan fingerprint density at radius 1 is 1.18 bits per heavy atom. The van der Waals surface area contributed by atoms with Crippen LogP contribution in [0.5, 0.6) is 5.75 Å². The first kappa shape index (κ1) is 20.4. The molecule has 0 saturated carbocycles. The quantitative estimate of drug-likeness (QED) is 0.714. The maximum atomic E-state index is 13.0. The Balaban J connectivity index is 2.00. The largest absolute Gasteiger partial charge is 0.491 e. The number of ketones is 1. The molecule has 4 nitrogen and oxygen atoms in total. The third-order valence-corrected chi connectivity index (χ3v) is 5.08. The monoisotopic (exact) mass is 399 g/mol. The lowest BCUT2D eigenvalue weighted by Gasteiger charge is -2.20. The van der Waals surface area contributed by atoms with Crippen molar-refractivity contribution in [3.63, 3.8) is 0 Å². The molecule has 1 aromatic carbocycles. The molecular weight excluding hydrogens is 374 g/mol. The molecule has 1 heterocycles. The highest BCUT2D eigenvalue weighted by Crippen LogP contribution is 2.30. The predicted octanol–water partition coefficient (Wildman–Crippen LogP) is 4.97. The SMILES string of the molecule is CC1=CC2=C(CNC(=O)c3cc(Cl)cc(OC(C)C)c3C/C=C/CC2)C(=O)C1. The van der Waals surface area contributed by atoms with E-state index in [1.165, 1.54) is 0 Å². The van der Waals surface area contributed by atoms with Crippen LogP contribution in [0.2, 0.25) is 5.02 Å². The number of ether oxygens (including phenoxy) is 1. The number of fused-ring (bicyclic) bond motifs is 1. The molecule has 2 aliphatic rings. The molecule has 148 valence electrons. The second-order valence-corrected chi connectivity index (χ2v) is 8.02. The lowest BCUT2D eigenvalue weighted by atomic mass is 9.89. The summed E-state index contributed by atoms with van der Waals surface area (Å²) in [5.41, 5.74) is 4.10. The summed E-state index contributed by atoms with van der Waals surface area (Å²) in [7, 11) is 0. The van der Waals surface area contributed by atoms with Crippen LogP contribution in [0.4, 0.5) is 0 Å². The molecule has 1 amide bonds. The normalized spacial score (nSPS) is 19.1. The Kier molecular flexibility index (Phi) is 6.40. The number of benzene rings is 1. The van der Waals surface area contributed by atoms with E-state index in [9.17, 15) is 9.59 Å². The van der Waals surface area contributed by atoms with Crippen molar-refractivity contribution in [2.45, 2.75) is 52.6 Å². The molecule has 0 radical (unpaired) electrons. The average Bonchev–Trinajstić information content (AvgIpc) is 2.59. The minimum Gasteiger partial charge on any atom is -0.491 e. The summed E-state index contributed by atoms with van der Waals surface area (Å²) in [6.07, 6.45) is 8.84. The zero-order chi connectivity index (χ0) is 20.3. The second-order valence-electron chi connectivity index (χ2n) is 7.59. The zero-order valence-corrected chi connectivity index (χ0v) is 17.4. The van der Waals surface area contributed by atoms with Gasteiger partial charge in [0.2, 0.25) is 0 Å². The molecule has 0 spiro atoms. The van der Waals surface area contributed by atoms with Crippen LogP contribution in [0.25, 0.3) is 0 Å². The van der Waals surface area contributed by atoms with Gasteiger partial charge in [-0.15, -0.1) is 0 Å². The van der Waals surface area contributed by atoms with Crippen molar-refractivity contribution in [3.05, 3.63) is 63.2 Å². The molecule has 0 aromatic heterocycles. The van der Waals surface area contributed by atoms with Crippen LogP contribution in [-0.2, 0) is 11.2 Å². The first-order valence-electron chi connectivity index (χ1n) is 9.69. The molecule has 1 aromatic rings. The number of carbonyl (C=O) groups excluding carboxylic acids is 2. The summed E-state index contributed by atoms with van der Waals surface area (Å²) in [4.78, 5) is 25.5. The second kappa shape index (κ2) is 8.78. The van der Waals surface area contributed by atoms with Crippen molar-refractivity contribution in [3.8, 4) is 5.75 Å². The summed E-state index contributed by atoms with van der Waals surface area (Å²) < 4.78 is 5.91. The van der Waals surface area contributed by atoms with Gasteiger partial charge in [0, 0.05) is 34.7 Å². The minimum atomic E-state index is -0.244. The number of hydrogen-bond donors (Lipinski definition) is 1. The zero-order valence-electron chi connectivity index (χ0n) is 16.6. The van der Waals surface area contributed by atoms with Gasteiger partial charge in [-0.1, -0.05) is 35.4 Å². The number of hydrogen-bond acceptors (Lipinski definition) is 3. The number of rotatable bonds is 2. The van der Waals surface area contributed by atoms with Crippen molar-refractivity contribution in [1.82, 2.24) is 5.32 Å². The molecule has 3 rings (SSSR count). The van der Waals surface area contributed by atoms with Crippen LogP contribution >= 0.6 is 11.6 Å². The van der Waals surface area contributed by atoms with Gasteiger partial charge >= 0.3 is 0 Å². The van der Waals surface area contributed by atoms with Gasteiger partial charge in [0.25, 0.3) is 5.91 Å². The van der Waals surface area contributed by atoms with Crippen LogP contribution < -0.4 is 10.1 Å². The Labute approximate surface area is 171 Å². The summed E-state index contributed by atoms with van der Waals surface area (Å²) >= 11 is 6.26. The molecule has 1 N–H and O–H groups in total. The predicted molar refractivity (Wildman–Crippen MR) is 112 cm³/mol. The summed E-state index contributed by atoms with van der Waals surface area (Å²) in [6, 6.07) is 3.42. The number of allylic oxidation sites excluding steroid dienone is 5. The van der Waals surface area contributed by atoms with E-state index in [4.69, 9.17) is 16.3 Å². The fourth-order valence-corrected chi connectivity index (χ4v) is 3.82. The summed E-state index contributed by atoms with van der Waals surface area (Å²) in [6.45, 7) is 6.08. The van der Waals surface area contributed by atoms with E-state index >= 15 is 0 Å². The molecule has 0 fully saturated rings. The van der Waals surface area contributed by atoms with Crippen molar-refractivity contribution in [2.75, 3.05) is 6.54 Å². The Morgan fingerprint density at radius 3 is 2.71 bits per heavy atom. The number of amides is 1. The number of carbonyl (C=O) groups is 2. The maximum absolute atomic E-state index is 13.0. The smallest absolute Gasteiger partial charge is 0.252 e. The molecular formula is C23H26ClNO3. The lowest BCUT2D eigenvalue weighted by molar-refractivity contribution is -0.115. The van der Waals surface area contributed by atoms with Crippen molar-refractivity contribution in [1.29, 1.82) is 0 Å². The van der Waals surface area contributed by atoms with Crippen molar-refractivity contribution < 1.29 is 14.3 Å². The highest BCUT2D eigenvalue weighted by atomic mass is 35.5. The number of nitrogens with one attached hydrogen (secondary N) is 1. The highest BCUT2D eigenvalue weighted by molar-refractivity contribution is 6.31. The van der Waals surface area contributed by atoms with Gasteiger partial charge in [-0.3, -0.25) is 9.59 Å². The van der Waals surface area contributed by atoms with E-state index in [1.807, 2.05) is 20.8 Å². The van der Waals surface area contributed by atoms with Gasteiger partial charge in [-0.2, -0.15) is 0 Å². The van der Waals surface area contributed by atoms with Crippen LogP contribution in [0.1, 0.15) is 56.0 Å². The fourth-order valence-electron chi connectivity index (χ4n) is 3.62. The minimum absolute atomic E-state index is 0.0291. The van der Waals surface area contributed by atoms with Crippen molar-refractivity contribution in [2.24, 2.45) is 0 Å². The summed E-state index contributed by atoms with van der Waals surface area (Å²) in [5.74, 6) is 0.471. The van der Waals surface area contributed by atoms with E-state index in [0.717, 1.165) is 29.6 Å². The molecule has 5 heteroatoms. The number of halogens is 1. The van der Waals surface area contributed by atoms with Gasteiger partial charge < -0.3 is 10.1 Å². The van der Waals surface area contributed by atoms with Gasteiger partial charge in [0.05, 0.1) is 6.10 Å². The molecule has 0 bridgehead atoms. The Hall–Kier alpha value is -2.33.